The predicted molar refractivity (Wildman–Crippen MR) is 100 cm³/mol. The first-order valence-electron chi connectivity index (χ1n) is 7.38. The number of rotatable bonds is 6. The molecule has 1 aromatic rings. The zero-order chi connectivity index (χ0) is 15.1. The number of hydrogen-bond donors (Lipinski definition) is 2. The number of guanidine groups is 1. The molecule has 0 aliphatic carbocycles. The van der Waals surface area contributed by atoms with Crippen molar-refractivity contribution in [2.75, 3.05) is 33.4 Å². The second-order valence-corrected chi connectivity index (χ2v) is 5.70. The molecule has 2 rings (SSSR count). The highest BCUT2D eigenvalue weighted by Gasteiger charge is 2.33. The lowest BCUT2D eigenvalue weighted by atomic mass is 9.89. The summed E-state index contributed by atoms with van der Waals surface area (Å²) in [5, 5.41) is 6.66. The van der Waals surface area contributed by atoms with Crippen molar-refractivity contribution in [1.82, 2.24) is 10.6 Å². The molecular weight excluding hydrogens is 393 g/mol. The molecule has 1 saturated heterocycles. The van der Waals surface area contributed by atoms with E-state index in [0.29, 0.717) is 6.54 Å². The zero-order valence-corrected chi connectivity index (χ0v) is 15.8. The summed E-state index contributed by atoms with van der Waals surface area (Å²) in [5.74, 6) is 1.70. The van der Waals surface area contributed by atoms with Crippen molar-refractivity contribution in [3.05, 3.63) is 29.8 Å². The quantitative estimate of drug-likeness (QED) is 0.423. The molecule has 2 N–H and O–H groups in total. The van der Waals surface area contributed by atoms with Gasteiger partial charge in [0.25, 0.3) is 0 Å². The minimum absolute atomic E-state index is 0. The normalized spacial score (nSPS) is 16.2. The summed E-state index contributed by atoms with van der Waals surface area (Å²) in [6, 6.07) is 7.98. The van der Waals surface area contributed by atoms with Crippen LogP contribution in [0.4, 0.5) is 0 Å². The maximum Gasteiger partial charge on any atom is 0.191 e. The van der Waals surface area contributed by atoms with Crippen molar-refractivity contribution in [3.8, 4) is 5.75 Å². The number of aliphatic imine (C=N–C) groups is 1. The molecule has 1 heterocycles. The molecule has 0 radical (unpaired) electrons. The minimum Gasteiger partial charge on any atom is -0.497 e. The van der Waals surface area contributed by atoms with Crippen LogP contribution < -0.4 is 15.4 Å². The average Bonchev–Trinajstić information content (AvgIpc) is 2.48. The largest absolute Gasteiger partial charge is 0.497 e. The Morgan fingerprint density at radius 3 is 2.73 bits per heavy atom. The van der Waals surface area contributed by atoms with Gasteiger partial charge in [-0.25, -0.2) is 4.99 Å². The van der Waals surface area contributed by atoms with Gasteiger partial charge in [-0.15, -0.1) is 24.0 Å². The fraction of sp³-hybridized carbons (Fsp3) is 0.562. The lowest BCUT2D eigenvalue weighted by molar-refractivity contribution is -0.0971. The minimum atomic E-state index is 0. The Kier molecular flexibility index (Phi) is 7.95. The van der Waals surface area contributed by atoms with E-state index in [1.807, 2.05) is 18.2 Å². The molecule has 0 spiro atoms. The summed E-state index contributed by atoms with van der Waals surface area (Å²) in [7, 11) is 1.68. The van der Waals surface area contributed by atoms with E-state index < -0.39 is 0 Å². The van der Waals surface area contributed by atoms with Gasteiger partial charge in [0.2, 0.25) is 0 Å². The van der Waals surface area contributed by atoms with Crippen molar-refractivity contribution in [2.24, 2.45) is 10.4 Å². The lowest BCUT2D eigenvalue weighted by Crippen LogP contribution is -2.51. The molecule has 0 bridgehead atoms. The average molecular weight is 419 g/mol. The number of ether oxygens (including phenoxy) is 2. The predicted octanol–water partition coefficient (Wildman–Crippen LogP) is 2.40. The maximum absolute atomic E-state index is 5.27. The lowest BCUT2D eigenvalue weighted by Gasteiger charge is -2.38. The Labute approximate surface area is 149 Å². The van der Waals surface area contributed by atoms with Crippen LogP contribution in [-0.4, -0.2) is 39.4 Å². The van der Waals surface area contributed by atoms with Gasteiger partial charge in [-0.3, -0.25) is 0 Å². The number of benzene rings is 1. The highest BCUT2D eigenvalue weighted by atomic mass is 127. The van der Waals surface area contributed by atoms with Crippen LogP contribution in [0.2, 0.25) is 0 Å². The number of methoxy groups -OCH3 is 1. The molecule has 1 aliphatic rings. The first kappa shape index (κ1) is 19.0. The molecule has 1 aliphatic heterocycles. The van der Waals surface area contributed by atoms with Gasteiger partial charge in [0.05, 0.1) is 26.9 Å². The van der Waals surface area contributed by atoms with Gasteiger partial charge < -0.3 is 20.1 Å². The third-order valence-corrected chi connectivity index (χ3v) is 3.48. The third-order valence-electron chi connectivity index (χ3n) is 3.48. The molecule has 22 heavy (non-hydrogen) atoms. The second-order valence-electron chi connectivity index (χ2n) is 5.70. The third kappa shape index (κ3) is 5.64. The number of hydrogen-bond acceptors (Lipinski definition) is 3. The molecule has 124 valence electrons. The molecule has 1 aromatic carbocycles. The molecule has 0 saturated carbocycles. The first-order chi connectivity index (χ1) is 10.1. The van der Waals surface area contributed by atoms with E-state index in [0.717, 1.165) is 43.6 Å². The van der Waals surface area contributed by atoms with Gasteiger partial charge >= 0.3 is 0 Å². The Bertz CT molecular complexity index is 490. The van der Waals surface area contributed by atoms with Crippen LogP contribution in [0.3, 0.4) is 0 Å². The monoisotopic (exact) mass is 419 g/mol. The molecule has 0 amide bonds. The molecular formula is C16H26IN3O2. The van der Waals surface area contributed by atoms with Gasteiger partial charge in [0.1, 0.15) is 5.75 Å². The van der Waals surface area contributed by atoms with E-state index in [-0.39, 0.29) is 29.4 Å². The molecule has 0 aromatic heterocycles. The topological polar surface area (TPSA) is 54.9 Å². The van der Waals surface area contributed by atoms with Crippen molar-refractivity contribution in [3.63, 3.8) is 0 Å². The summed E-state index contributed by atoms with van der Waals surface area (Å²) in [6.45, 7) is 8.25. The van der Waals surface area contributed by atoms with Crippen molar-refractivity contribution >= 4 is 29.9 Å². The van der Waals surface area contributed by atoms with Crippen LogP contribution in [0.1, 0.15) is 19.4 Å². The van der Waals surface area contributed by atoms with Crippen LogP contribution in [0, 0.1) is 5.41 Å². The second kappa shape index (κ2) is 9.19. The van der Waals surface area contributed by atoms with Crippen molar-refractivity contribution in [2.45, 2.75) is 20.4 Å². The summed E-state index contributed by atoms with van der Waals surface area (Å²) in [4.78, 5) is 4.62. The first-order valence-corrected chi connectivity index (χ1v) is 7.38. The highest BCUT2D eigenvalue weighted by Crippen LogP contribution is 2.24. The summed E-state index contributed by atoms with van der Waals surface area (Å²) >= 11 is 0. The fourth-order valence-electron chi connectivity index (χ4n) is 2.13. The van der Waals surface area contributed by atoms with Crippen LogP contribution in [0.5, 0.6) is 5.75 Å². The summed E-state index contributed by atoms with van der Waals surface area (Å²) in [6.07, 6.45) is 0. The Balaban J connectivity index is 0.00000242. The summed E-state index contributed by atoms with van der Waals surface area (Å²) < 4.78 is 10.5. The molecule has 1 fully saturated rings. The Morgan fingerprint density at radius 1 is 1.36 bits per heavy atom. The van der Waals surface area contributed by atoms with Crippen LogP contribution in [0.15, 0.2) is 29.3 Å². The SMILES string of the molecule is CCNC(=NCc1cccc(OC)c1)NCC1(C)COC1.I. The van der Waals surface area contributed by atoms with E-state index in [4.69, 9.17) is 9.47 Å². The number of nitrogens with one attached hydrogen (secondary N) is 2. The Hall–Kier alpha value is -1.02. The van der Waals surface area contributed by atoms with E-state index in [2.05, 4.69) is 35.5 Å². The van der Waals surface area contributed by atoms with Crippen LogP contribution in [-0.2, 0) is 11.3 Å². The molecule has 0 unspecified atom stereocenters. The van der Waals surface area contributed by atoms with E-state index in [9.17, 15) is 0 Å². The molecule has 5 nitrogen and oxygen atoms in total. The van der Waals surface area contributed by atoms with Gasteiger partial charge in [0, 0.05) is 18.5 Å². The van der Waals surface area contributed by atoms with Gasteiger partial charge in [-0.2, -0.15) is 0 Å². The fourth-order valence-corrected chi connectivity index (χ4v) is 2.13. The van der Waals surface area contributed by atoms with Crippen molar-refractivity contribution in [1.29, 1.82) is 0 Å². The van der Waals surface area contributed by atoms with Crippen LogP contribution >= 0.6 is 24.0 Å². The van der Waals surface area contributed by atoms with E-state index in [1.54, 1.807) is 7.11 Å². The maximum atomic E-state index is 5.27. The Morgan fingerprint density at radius 2 is 2.14 bits per heavy atom. The highest BCUT2D eigenvalue weighted by molar-refractivity contribution is 14.0. The van der Waals surface area contributed by atoms with Crippen molar-refractivity contribution < 1.29 is 9.47 Å². The smallest absolute Gasteiger partial charge is 0.191 e. The molecule has 0 atom stereocenters. The molecule has 6 heteroatoms. The van der Waals surface area contributed by atoms with E-state index in [1.165, 1.54) is 0 Å². The van der Waals surface area contributed by atoms with Crippen LogP contribution in [0.25, 0.3) is 0 Å². The summed E-state index contributed by atoms with van der Waals surface area (Å²) in [5.41, 5.74) is 1.36. The van der Waals surface area contributed by atoms with Gasteiger partial charge in [0.15, 0.2) is 5.96 Å². The standard InChI is InChI=1S/C16H25N3O2.HI/c1-4-17-15(19-10-16(2)11-21-12-16)18-9-13-6-5-7-14(8-13)20-3;/h5-8H,4,9-12H2,1-3H3,(H2,17,18,19);1H. The number of nitrogens with zero attached hydrogens (tertiary/aromatic N) is 1. The van der Waals surface area contributed by atoms with Gasteiger partial charge in [-0.05, 0) is 24.6 Å². The number of halogens is 1. The zero-order valence-electron chi connectivity index (χ0n) is 13.5. The van der Waals surface area contributed by atoms with E-state index >= 15 is 0 Å². The van der Waals surface area contributed by atoms with Gasteiger partial charge in [-0.1, -0.05) is 19.1 Å².